The maximum Gasteiger partial charge on any atom is 0.164 e. The monoisotopic (exact) mass is 739 g/mol. The summed E-state index contributed by atoms with van der Waals surface area (Å²) in [4.78, 5) is 25.7. The molecule has 0 atom stereocenters. The SMILES string of the molecule is c1ccc(-c2nc(-c3ccc4ccccc4c3)nc(-c3ccc(-c4ccc5ccc6c(-c7ccccc7)nc(-c7ccccc7)nc6c5c4)c4ccccc34)n2)cc1. The first-order chi connectivity index (χ1) is 28.7. The minimum atomic E-state index is 0.628. The van der Waals surface area contributed by atoms with Gasteiger partial charge in [0, 0.05) is 38.6 Å². The molecule has 2 aromatic heterocycles. The zero-order chi connectivity index (χ0) is 38.4. The van der Waals surface area contributed by atoms with E-state index >= 15 is 0 Å². The third-order valence-electron chi connectivity index (χ3n) is 10.9. The molecule has 0 radical (unpaired) electrons. The summed E-state index contributed by atoms with van der Waals surface area (Å²) in [6, 6.07) is 69.4. The van der Waals surface area contributed by atoms with Gasteiger partial charge < -0.3 is 0 Å². The Bertz CT molecular complexity index is 3330. The average molecular weight is 740 g/mol. The highest BCUT2D eigenvalue weighted by atomic mass is 15.0. The quantitative estimate of drug-likeness (QED) is 0.159. The van der Waals surface area contributed by atoms with Gasteiger partial charge in [-0.1, -0.05) is 176 Å². The van der Waals surface area contributed by atoms with Crippen molar-refractivity contribution in [2.75, 3.05) is 0 Å². The van der Waals surface area contributed by atoms with Crippen molar-refractivity contribution in [1.82, 2.24) is 24.9 Å². The van der Waals surface area contributed by atoms with E-state index in [1.165, 1.54) is 5.39 Å². The van der Waals surface area contributed by atoms with Gasteiger partial charge in [0.15, 0.2) is 23.3 Å². The summed E-state index contributed by atoms with van der Waals surface area (Å²) in [5.41, 5.74) is 8.92. The normalized spacial score (nSPS) is 11.4. The predicted molar refractivity (Wildman–Crippen MR) is 238 cm³/mol. The first-order valence-corrected chi connectivity index (χ1v) is 19.4. The van der Waals surface area contributed by atoms with Gasteiger partial charge in [0.1, 0.15) is 0 Å². The average Bonchev–Trinajstić information content (AvgIpc) is 3.31. The Balaban J connectivity index is 1.09. The first kappa shape index (κ1) is 33.4. The van der Waals surface area contributed by atoms with Crippen molar-refractivity contribution in [2.24, 2.45) is 0 Å². The molecule has 0 fully saturated rings. The molecule has 5 heteroatoms. The molecule has 0 aliphatic carbocycles. The Kier molecular flexibility index (Phi) is 8.07. The van der Waals surface area contributed by atoms with E-state index < -0.39 is 0 Å². The Morgan fingerprint density at radius 1 is 0.241 bits per heavy atom. The van der Waals surface area contributed by atoms with E-state index in [0.717, 1.165) is 82.5 Å². The number of hydrogen-bond donors (Lipinski definition) is 0. The molecule has 0 aliphatic rings. The van der Waals surface area contributed by atoms with Crippen LogP contribution in [0.2, 0.25) is 0 Å². The lowest BCUT2D eigenvalue weighted by Gasteiger charge is -2.15. The summed E-state index contributed by atoms with van der Waals surface area (Å²) < 4.78 is 0. The molecule has 11 rings (SSSR count). The number of nitrogens with zero attached hydrogens (tertiary/aromatic N) is 5. The van der Waals surface area contributed by atoms with Crippen molar-refractivity contribution in [3.05, 3.63) is 200 Å². The van der Waals surface area contributed by atoms with Gasteiger partial charge in [-0.15, -0.1) is 0 Å². The molecule has 270 valence electrons. The Morgan fingerprint density at radius 2 is 0.759 bits per heavy atom. The molecular formula is C53H33N5. The molecule has 0 unspecified atom stereocenters. The lowest BCUT2D eigenvalue weighted by atomic mass is 9.92. The molecule has 0 N–H and O–H groups in total. The minimum absolute atomic E-state index is 0.628. The third-order valence-corrected chi connectivity index (χ3v) is 10.9. The van der Waals surface area contributed by atoms with E-state index in [1.807, 2.05) is 54.6 Å². The predicted octanol–water partition coefficient (Wildman–Crippen LogP) is 13.3. The van der Waals surface area contributed by atoms with E-state index in [2.05, 4.69) is 146 Å². The number of rotatable bonds is 6. The molecule has 0 spiro atoms. The summed E-state index contributed by atoms with van der Waals surface area (Å²) in [5, 5.41) is 7.69. The molecule has 0 aliphatic heterocycles. The molecule has 11 aromatic rings. The smallest absolute Gasteiger partial charge is 0.164 e. The van der Waals surface area contributed by atoms with Crippen molar-refractivity contribution >= 4 is 43.2 Å². The van der Waals surface area contributed by atoms with Crippen molar-refractivity contribution in [3.63, 3.8) is 0 Å². The largest absolute Gasteiger partial charge is 0.227 e. The lowest BCUT2D eigenvalue weighted by molar-refractivity contribution is 1.08. The highest BCUT2D eigenvalue weighted by Gasteiger charge is 2.18. The highest BCUT2D eigenvalue weighted by molar-refractivity contribution is 6.12. The van der Waals surface area contributed by atoms with Crippen LogP contribution >= 0.6 is 0 Å². The molecular weight excluding hydrogens is 707 g/mol. The van der Waals surface area contributed by atoms with Gasteiger partial charge in [-0.25, -0.2) is 24.9 Å². The van der Waals surface area contributed by atoms with E-state index in [4.69, 9.17) is 24.9 Å². The van der Waals surface area contributed by atoms with Crippen LogP contribution in [0.5, 0.6) is 0 Å². The second kappa shape index (κ2) is 14.0. The van der Waals surface area contributed by atoms with Crippen LogP contribution < -0.4 is 0 Å². The topological polar surface area (TPSA) is 64.5 Å². The second-order valence-corrected chi connectivity index (χ2v) is 14.5. The van der Waals surface area contributed by atoms with Crippen molar-refractivity contribution < 1.29 is 0 Å². The fourth-order valence-corrected chi connectivity index (χ4v) is 8.03. The number of aromatic nitrogens is 5. The summed E-state index contributed by atoms with van der Waals surface area (Å²) in [7, 11) is 0. The van der Waals surface area contributed by atoms with E-state index in [9.17, 15) is 0 Å². The molecule has 0 amide bonds. The molecule has 5 nitrogen and oxygen atoms in total. The van der Waals surface area contributed by atoms with E-state index in [1.54, 1.807) is 0 Å². The summed E-state index contributed by atoms with van der Waals surface area (Å²) in [5.74, 6) is 2.60. The van der Waals surface area contributed by atoms with Crippen LogP contribution in [0.1, 0.15) is 0 Å². The molecule has 2 heterocycles. The summed E-state index contributed by atoms with van der Waals surface area (Å²) in [6.07, 6.45) is 0. The van der Waals surface area contributed by atoms with Crippen molar-refractivity contribution in [2.45, 2.75) is 0 Å². The van der Waals surface area contributed by atoms with Crippen LogP contribution in [-0.4, -0.2) is 24.9 Å². The Hall–Kier alpha value is -7.89. The fraction of sp³-hybridized carbons (Fsp3) is 0. The number of fused-ring (bicyclic) bond motifs is 5. The van der Waals surface area contributed by atoms with Crippen molar-refractivity contribution in [3.8, 4) is 67.9 Å². The molecule has 0 saturated heterocycles. The van der Waals surface area contributed by atoms with Gasteiger partial charge in [0.05, 0.1) is 11.2 Å². The molecule has 0 saturated carbocycles. The van der Waals surface area contributed by atoms with Crippen LogP contribution in [0.4, 0.5) is 0 Å². The van der Waals surface area contributed by atoms with Gasteiger partial charge in [0.25, 0.3) is 0 Å². The minimum Gasteiger partial charge on any atom is -0.227 e. The van der Waals surface area contributed by atoms with Crippen molar-refractivity contribution in [1.29, 1.82) is 0 Å². The van der Waals surface area contributed by atoms with Crippen LogP contribution in [0, 0.1) is 0 Å². The maximum absolute atomic E-state index is 5.26. The summed E-state index contributed by atoms with van der Waals surface area (Å²) in [6.45, 7) is 0. The lowest BCUT2D eigenvalue weighted by Crippen LogP contribution is -2.01. The first-order valence-electron chi connectivity index (χ1n) is 19.4. The van der Waals surface area contributed by atoms with Gasteiger partial charge in [-0.2, -0.15) is 0 Å². The zero-order valence-corrected chi connectivity index (χ0v) is 31.3. The fourth-order valence-electron chi connectivity index (χ4n) is 8.03. The van der Waals surface area contributed by atoms with Crippen LogP contribution in [0.15, 0.2) is 200 Å². The third kappa shape index (κ3) is 5.94. The zero-order valence-electron chi connectivity index (χ0n) is 31.3. The number of benzene rings is 9. The molecule has 58 heavy (non-hydrogen) atoms. The Labute approximate surface area is 335 Å². The second-order valence-electron chi connectivity index (χ2n) is 14.5. The summed E-state index contributed by atoms with van der Waals surface area (Å²) >= 11 is 0. The van der Waals surface area contributed by atoms with Crippen LogP contribution in [0.3, 0.4) is 0 Å². The Morgan fingerprint density at radius 3 is 1.48 bits per heavy atom. The van der Waals surface area contributed by atoms with E-state index in [0.29, 0.717) is 23.3 Å². The maximum atomic E-state index is 5.26. The standard InChI is InChI=1S/C53H33N5/c1-4-15-36(16-5-1)48-46-29-28-35-25-26-40(33-47(35)49(46)55-50(54-48)37-17-6-2-7-18-37)42-30-31-45(44-23-13-12-22-43(42)44)53-57-51(38-19-8-3-9-20-38)56-52(58-53)41-27-24-34-14-10-11-21-39(34)32-41/h1-33H. The van der Waals surface area contributed by atoms with Crippen LogP contribution in [0.25, 0.3) is 111 Å². The highest BCUT2D eigenvalue weighted by Crippen LogP contribution is 2.39. The van der Waals surface area contributed by atoms with Gasteiger partial charge in [-0.3, -0.25) is 0 Å². The van der Waals surface area contributed by atoms with Gasteiger partial charge >= 0.3 is 0 Å². The number of hydrogen-bond acceptors (Lipinski definition) is 5. The van der Waals surface area contributed by atoms with Gasteiger partial charge in [-0.05, 0) is 62.3 Å². The van der Waals surface area contributed by atoms with Crippen LogP contribution in [-0.2, 0) is 0 Å². The van der Waals surface area contributed by atoms with E-state index in [-0.39, 0.29) is 0 Å². The van der Waals surface area contributed by atoms with Gasteiger partial charge in [0.2, 0.25) is 0 Å². The molecule has 0 bridgehead atoms. The molecule has 9 aromatic carbocycles.